The number of nitrogens with zero attached hydrogens (tertiary/aromatic N) is 3. The minimum absolute atomic E-state index is 0.0484. The lowest BCUT2D eigenvalue weighted by atomic mass is 9.99. The van der Waals surface area contributed by atoms with Crippen molar-refractivity contribution in [3.63, 3.8) is 0 Å². The van der Waals surface area contributed by atoms with Crippen molar-refractivity contribution in [2.45, 2.75) is 19.4 Å². The zero-order valence-electron chi connectivity index (χ0n) is 15.1. The Kier molecular flexibility index (Phi) is 5.25. The van der Waals surface area contributed by atoms with E-state index in [-0.39, 0.29) is 11.8 Å². The molecule has 2 aromatic heterocycles. The summed E-state index contributed by atoms with van der Waals surface area (Å²) >= 11 is 0. The van der Waals surface area contributed by atoms with Gasteiger partial charge in [0.25, 0.3) is 0 Å². The maximum Gasteiger partial charge on any atom is 0.224 e. The molecule has 1 aliphatic rings. The highest BCUT2D eigenvalue weighted by Crippen LogP contribution is 2.23. The zero-order chi connectivity index (χ0) is 18.5. The summed E-state index contributed by atoms with van der Waals surface area (Å²) in [5, 5.41) is 11.2. The molecule has 0 saturated carbocycles. The van der Waals surface area contributed by atoms with Crippen LogP contribution in [0.25, 0.3) is 16.9 Å². The van der Waals surface area contributed by atoms with E-state index in [1.807, 2.05) is 53.3 Å². The molecular weight excluding hydrogens is 338 g/mol. The molecule has 27 heavy (non-hydrogen) atoms. The fraction of sp³-hybridized carbons (Fsp3) is 0.286. The fourth-order valence-corrected chi connectivity index (χ4v) is 3.41. The predicted octanol–water partition coefficient (Wildman–Crippen LogP) is 2.55. The Labute approximate surface area is 158 Å². The molecule has 0 aliphatic carbocycles. The third-order valence-corrected chi connectivity index (χ3v) is 4.89. The number of aromatic nitrogens is 3. The molecule has 4 rings (SSSR count). The second kappa shape index (κ2) is 8.14. The van der Waals surface area contributed by atoms with Gasteiger partial charge in [0.1, 0.15) is 0 Å². The molecule has 1 aliphatic heterocycles. The van der Waals surface area contributed by atoms with E-state index in [1.165, 1.54) is 0 Å². The Bertz CT molecular complexity index is 885. The molecule has 0 radical (unpaired) electrons. The normalized spacial score (nSPS) is 16.8. The number of rotatable bonds is 5. The first kappa shape index (κ1) is 17.4. The number of carbonyl (C=O) groups is 1. The average Bonchev–Trinajstić information content (AvgIpc) is 3.18. The molecule has 6 nitrogen and oxygen atoms in total. The monoisotopic (exact) mass is 361 g/mol. The first-order valence-electron chi connectivity index (χ1n) is 9.34. The van der Waals surface area contributed by atoms with Gasteiger partial charge in [-0.15, -0.1) is 0 Å². The van der Waals surface area contributed by atoms with Gasteiger partial charge in [0, 0.05) is 42.8 Å². The van der Waals surface area contributed by atoms with Gasteiger partial charge < -0.3 is 10.6 Å². The SMILES string of the molecule is O=C(NCc1cn(-c2ccccc2)nc1-c1ccncc1)C1CCCNC1. The maximum absolute atomic E-state index is 12.5. The van der Waals surface area contributed by atoms with Gasteiger partial charge in [-0.2, -0.15) is 5.10 Å². The molecule has 0 spiro atoms. The van der Waals surface area contributed by atoms with Crippen LogP contribution in [-0.2, 0) is 11.3 Å². The van der Waals surface area contributed by atoms with Crippen LogP contribution in [0.5, 0.6) is 0 Å². The van der Waals surface area contributed by atoms with Crippen molar-refractivity contribution in [2.24, 2.45) is 5.92 Å². The molecule has 1 fully saturated rings. The van der Waals surface area contributed by atoms with Gasteiger partial charge in [0.15, 0.2) is 0 Å². The number of piperidine rings is 1. The lowest BCUT2D eigenvalue weighted by Crippen LogP contribution is -2.40. The van der Waals surface area contributed by atoms with Crippen LogP contribution in [0.4, 0.5) is 0 Å². The Morgan fingerprint density at radius 1 is 1.19 bits per heavy atom. The number of benzene rings is 1. The van der Waals surface area contributed by atoms with Crippen molar-refractivity contribution in [3.05, 3.63) is 66.6 Å². The maximum atomic E-state index is 12.5. The molecule has 138 valence electrons. The smallest absolute Gasteiger partial charge is 0.224 e. The van der Waals surface area contributed by atoms with Crippen molar-refractivity contribution < 1.29 is 4.79 Å². The van der Waals surface area contributed by atoms with Gasteiger partial charge in [-0.05, 0) is 43.7 Å². The van der Waals surface area contributed by atoms with Gasteiger partial charge in [0.2, 0.25) is 5.91 Å². The largest absolute Gasteiger partial charge is 0.352 e. The molecule has 1 atom stereocenters. The fourth-order valence-electron chi connectivity index (χ4n) is 3.41. The number of amides is 1. The Morgan fingerprint density at radius 3 is 2.74 bits per heavy atom. The van der Waals surface area contributed by atoms with Crippen molar-refractivity contribution >= 4 is 5.91 Å². The summed E-state index contributed by atoms with van der Waals surface area (Å²) in [5.74, 6) is 0.155. The number of nitrogens with one attached hydrogen (secondary N) is 2. The van der Waals surface area contributed by atoms with E-state index in [0.29, 0.717) is 6.54 Å². The van der Waals surface area contributed by atoms with E-state index in [4.69, 9.17) is 5.10 Å². The Morgan fingerprint density at radius 2 is 2.00 bits per heavy atom. The van der Waals surface area contributed by atoms with Crippen LogP contribution >= 0.6 is 0 Å². The van der Waals surface area contributed by atoms with Crippen molar-refractivity contribution in [1.82, 2.24) is 25.4 Å². The van der Waals surface area contributed by atoms with Crippen LogP contribution in [0.15, 0.2) is 61.1 Å². The van der Waals surface area contributed by atoms with Crippen molar-refractivity contribution in [1.29, 1.82) is 0 Å². The lowest BCUT2D eigenvalue weighted by molar-refractivity contribution is -0.125. The second-order valence-electron chi connectivity index (χ2n) is 6.78. The van der Waals surface area contributed by atoms with Gasteiger partial charge >= 0.3 is 0 Å². The van der Waals surface area contributed by atoms with Crippen molar-refractivity contribution in [2.75, 3.05) is 13.1 Å². The summed E-state index contributed by atoms with van der Waals surface area (Å²) in [6, 6.07) is 13.9. The molecule has 3 heterocycles. The van der Waals surface area contributed by atoms with Crippen LogP contribution in [0.3, 0.4) is 0 Å². The number of hydrogen-bond acceptors (Lipinski definition) is 4. The van der Waals surface area contributed by atoms with Crippen molar-refractivity contribution in [3.8, 4) is 16.9 Å². The van der Waals surface area contributed by atoms with Crippen LogP contribution in [0, 0.1) is 5.92 Å². The zero-order valence-corrected chi connectivity index (χ0v) is 15.1. The summed E-state index contributed by atoms with van der Waals surface area (Å²) in [6.45, 7) is 2.21. The van der Waals surface area contributed by atoms with E-state index in [2.05, 4.69) is 15.6 Å². The first-order valence-corrected chi connectivity index (χ1v) is 9.34. The number of carbonyl (C=O) groups excluding carboxylic acids is 1. The predicted molar refractivity (Wildman–Crippen MR) is 104 cm³/mol. The molecule has 6 heteroatoms. The standard InChI is InChI=1S/C21H23N5O/c27-21(17-5-4-10-23-13-17)24-14-18-15-26(19-6-2-1-3-7-19)25-20(18)16-8-11-22-12-9-16/h1-3,6-9,11-12,15,17,23H,4-5,10,13-14H2,(H,24,27). The van der Waals surface area contributed by atoms with Gasteiger partial charge in [-0.1, -0.05) is 18.2 Å². The molecule has 1 unspecified atom stereocenters. The van der Waals surface area contributed by atoms with Crippen LogP contribution in [-0.4, -0.2) is 33.8 Å². The van der Waals surface area contributed by atoms with Crippen LogP contribution in [0.2, 0.25) is 0 Å². The minimum atomic E-state index is 0.0484. The second-order valence-corrected chi connectivity index (χ2v) is 6.78. The quantitative estimate of drug-likeness (QED) is 0.733. The average molecular weight is 361 g/mol. The molecule has 1 saturated heterocycles. The number of para-hydroxylation sites is 1. The van der Waals surface area contributed by atoms with E-state index in [0.717, 1.165) is 48.4 Å². The Hall–Kier alpha value is -2.99. The van der Waals surface area contributed by atoms with Crippen LogP contribution in [0.1, 0.15) is 18.4 Å². The highest BCUT2D eigenvalue weighted by Gasteiger charge is 2.21. The topological polar surface area (TPSA) is 71.8 Å². The summed E-state index contributed by atoms with van der Waals surface area (Å²) in [4.78, 5) is 16.6. The number of pyridine rings is 1. The first-order chi connectivity index (χ1) is 13.3. The third kappa shape index (κ3) is 4.06. The van der Waals surface area contributed by atoms with Gasteiger partial charge in [-0.3, -0.25) is 9.78 Å². The summed E-state index contributed by atoms with van der Waals surface area (Å²) < 4.78 is 1.86. The molecule has 1 amide bonds. The van der Waals surface area contributed by atoms with E-state index in [9.17, 15) is 4.79 Å². The van der Waals surface area contributed by atoms with E-state index in [1.54, 1.807) is 12.4 Å². The molecule has 0 bridgehead atoms. The van der Waals surface area contributed by atoms with E-state index >= 15 is 0 Å². The summed E-state index contributed by atoms with van der Waals surface area (Å²) in [5.41, 5.74) is 3.83. The van der Waals surface area contributed by atoms with E-state index < -0.39 is 0 Å². The molecule has 3 aromatic rings. The summed E-state index contributed by atoms with van der Waals surface area (Å²) in [7, 11) is 0. The number of hydrogen-bond donors (Lipinski definition) is 2. The molecule has 1 aromatic carbocycles. The minimum Gasteiger partial charge on any atom is -0.352 e. The summed E-state index contributed by atoms with van der Waals surface area (Å²) in [6.07, 6.45) is 7.50. The molecule has 2 N–H and O–H groups in total. The Balaban J connectivity index is 1.58. The van der Waals surface area contributed by atoms with Gasteiger partial charge in [0.05, 0.1) is 17.3 Å². The third-order valence-electron chi connectivity index (χ3n) is 4.89. The highest BCUT2D eigenvalue weighted by molar-refractivity contribution is 5.79. The lowest BCUT2D eigenvalue weighted by Gasteiger charge is -2.21. The van der Waals surface area contributed by atoms with Crippen LogP contribution < -0.4 is 10.6 Å². The molecular formula is C21H23N5O. The highest BCUT2D eigenvalue weighted by atomic mass is 16.1. The van der Waals surface area contributed by atoms with Gasteiger partial charge in [-0.25, -0.2) is 4.68 Å².